The number of rotatable bonds is 8. The van der Waals surface area contributed by atoms with Crippen molar-refractivity contribution in [2.75, 3.05) is 23.0 Å². The van der Waals surface area contributed by atoms with E-state index in [2.05, 4.69) is 25.7 Å². The molecule has 10 nitrogen and oxygen atoms in total. The van der Waals surface area contributed by atoms with Crippen molar-refractivity contribution in [1.82, 2.24) is 14.9 Å². The van der Waals surface area contributed by atoms with E-state index in [9.17, 15) is 18.3 Å². The third-order valence-electron chi connectivity index (χ3n) is 7.02. The summed E-state index contributed by atoms with van der Waals surface area (Å²) in [6.45, 7) is 4.01. The van der Waals surface area contributed by atoms with Crippen molar-refractivity contribution in [2.24, 2.45) is 0 Å². The summed E-state index contributed by atoms with van der Waals surface area (Å²) in [7, 11) is -2.04. The summed E-state index contributed by atoms with van der Waals surface area (Å²) in [4.78, 5) is 18.0. The predicted molar refractivity (Wildman–Crippen MR) is 162 cm³/mol. The summed E-state index contributed by atoms with van der Waals surface area (Å²) in [6, 6.07) is 19.1. The zero-order valence-corrected chi connectivity index (χ0v) is 24.5. The monoisotopic (exact) mass is 591 g/mol. The number of aromatic carboxylic acids is 1. The number of thiocarbonyl (C=S) groups is 1. The Bertz CT molecular complexity index is 1740. The standard InChI is InChI=1S/C29H29N5O5S2/c1-17-15-22(18(2)33(17)20-10-8-19(9-11-20)28(35)36)27-26(24-7-5-6-14-30-24)31-29(40)34(27)21-12-13-23(25(16-21)39-3)32-41(4,37)38/h5-16,26-27,32H,1-4H3,(H,31,40)(H,35,36). The Hall–Kier alpha value is -4.42. The quantitative estimate of drug-likeness (QED) is 0.249. The molecule has 2 unspecified atom stereocenters. The van der Waals surface area contributed by atoms with Crippen molar-refractivity contribution >= 4 is 44.7 Å². The zero-order valence-electron chi connectivity index (χ0n) is 22.8. The van der Waals surface area contributed by atoms with E-state index in [1.54, 1.807) is 48.7 Å². The molecule has 4 aromatic rings. The number of aromatic nitrogens is 2. The number of nitrogens with one attached hydrogen (secondary N) is 2. The number of nitrogens with zero attached hydrogens (tertiary/aromatic N) is 3. The van der Waals surface area contributed by atoms with Gasteiger partial charge in [0, 0.05) is 35.0 Å². The van der Waals surface area contributed by atoms with Crippen LogP contribution < -0.4 is 19.7 Å². The first-order chi connectivity index (χ1) is 19.5. The Labute approximate surface area is 243 Å². The number of carboxylic acids is 1. The molecule has 2 atom stereocenters. The normalized spacial score (nSPS) is 16.9. The molecule has 5 rings (SSSR count). The molecule has 0 amide bonds. The van der Waals surface area contributed by atoms with Crippen LogP contribution in [0.3, 0.4) is 0 Å². The van der Waals surface area contributed by atoms with Gasteiger partial charge in [0.05, 0.1) is 42.4 Å². The number of ether oxygens (including phenoxy) is 1. The first-order valence-corrected chi connectivity index (χ1v) is 15.0. The summed E-state index contributed by atoms with van der Waals surface area (Å²) in [6.07, 6.45) is 2.82. The summed E-state index contributed by atoms with van der Waals surface area (Å²) < 4.78 is 33.9. The SMILES string of the molecule is COc1cc(N2C(=S)NC(c3ccccn3)C2c2cc(C)n(-c3ccc(C(=O)O)cc3)c2C)ccc1NS(C)(=O)=O. The van der Waals surface area contributed by atoms with Crippen molar-refractivity contribution in [3.8, 4) is 11.4 Å². The van der Waals surface area contributed by atoms with Gasteiger partial charge in [0.2, 0.25) is 10.0 Å². The van der Waals surface area contributed by atoms with Gasteiger partial charge in [0.25, 0.3) is 0 Å². The molecule has 0 radical (unpaired) electrons. The predicted octanol–water partition coefficient (Wildman–Crippen LogP) is 4.74. The van der Waals surface area contributed by atoms with Gasteiger partial charge in [0.1, 0.15) is 5.75 Å². The van der Waals surface area contributed by atoms with E-state index in [0.717, 1.165) is 34.6 Å². The molecule has 2 aromatic carbocycles. The third kappa shape index (κ3) is 5.48. The molecule has 0 aliphatic carbocycles. The fourth-order valence-corrected chi connectivity index (χ4v) is 6.21. The van der Waals surface area contributed by atoms with Gasteiger partial charge < -0.3 is 24.6 Å². The summed E-state index contributed by atoms with van der Waals surface area (Å²) in [5.41, 5.74) is 5.79. The van der Waals surface area contributed by atoms with E-state index in [1.165, 1.54) is 7.11 Å². The maximum atomic E-state index is 11.9. The van der Waals surface area contributed by atoms with Crippen LogP contribution in [0.1, 0.15) is 45.1 Å². The average Bonchev–Trinajstić information content (AvgIpc) is 3.43. The van der Waals surface area contributed by atoms with Crippen LogP contribution >= 0.6 is 12.2 Å². The van der Waals surface area contributed by atoms with Crippen LogP contribution in [-0.2, 0) is 10.0 Å². The lowest BCUT2D eigenvalue weighted by Gasteiger charge is -2.29. The number of methoxy groups -OCH3 is 1. The van der Waals surface area contributed by atoms with Crippen LogP contribution in [-0.4, -0.2) is 47.5 Å². The Morgan fingerprint density at radius 3 is 2.39 bits per heavy atom. The molecule has 1 aliphatic rings. The maximum absolute atomic E-state index is 11.9. The fourth-order valence-electron chi connectivity index (χ4n) is 5.30. The fraction of sp³-hybridized carbons (Fsp3) is 0.207. The van der Waals surface area contributed by atoms with E-state index in [4.69, 9.17) is 17.0 Å². The highest BCUT2D eigenvalue weighted by Crippen LogP contribution is 2.45. The highest BCUT2D eigenvalue weighted by molar-refractivity contribution is 7.92. The summed E-state index contributed by atoms with van der Waals surface area (Å²) in [5, 5.41) is 13.3. The van der Waals surface area contributed by atoms with Gasteiger partial charge in [-0.2, -0.15) is 0 Å². The number of sulfonamides is 1. The number of hydrogen-bond donors (Lipinski definition) is 3. The second kappa shape index (κ2) is 10.9. The molecule has 3 heterocycles. The van der Waals surface area contributed by atoms with Crippen molar-refractivity contribution < 1.29 is 23.1 Å². The Kier molecular flexibility index (Phi) is 7.45. The largest absolute Gasteiger partial charge is 0.494 e. The minimum Gasteiger partial charge on any atom is -0.494 e. The minimum absolute atomic E-state index is 0.214. The van der Waals surface area contributed by atoms with E-state index in [-0.39, 0.29) is 17.6 Å². The molecule has 1 fully saturated rings. The van der Waals surface area contributed by atoms with E-state index in [0.29, 0.717) is 22.2 Å². The molecule has 0 bridgehead atoms. The molecule has 212 valence electrons. The zero-order chi connectivity index (χ0) is 29.5. The minimum atomic E-state index is -3.52. The maximum Gasteiger partial charge on any atom is 0.335 e. The van der Waals surface area contributed by atoms with E-state index >= 15 is 0 Å². The van der Waals surface area contributed by atoms with Crippen molar-refractivity contribution in [3.63, 3.8) is 0 Å². The first-order valence-electron chi connectivity index (χ1n) is 12.7. The number of pyridine rings is 1. The molecule has 1 aliphatic heterocycles. The molecule has 2 aromatic heterocycles. The number of carbonyl (C=O) groups is 1. The first kappa shape index (κ1) is 28.1. The lowest BCUT2D eigenvalue weighted by atomic mass is 9.96. The van der Waals surface area contributed by atoms with Gasteiger partial charge in [-0.1, -0.05) is 6.07 Å². The highest BCUT2D eigenvalue weighted by Gasteiger charge is 2.42. The number of anilines is 2. The smallest absolute Gasteiger partial charge is 0.335 e. The van der Waals surface area contributed by atoms with Crippen LogP contribution in [0.2, 0.25) is 0 Å². The molecule has 12 heteroatoms. The van der Waals surface area contributed by atoms with Crippen LogP contribution in [0, 0.1) is 13.8 Å². The lowest BCUT2D eigenvalue weighted by molar-refractivity contribution is 0.0697. The highest BCUT2D eigenvalue weighted by atomic mass is 32.2. The van der Waals surface area contributed by atoms with Crippen LogP contribution in [0.4, 0.5) is 11.4 Å². The average molecular weight is 592 g/mol. The van der Waals surface area contributed by atoms with Gasteiger partial charge in [-0.05, 0) is 86.2 Å². The Morgan fingerprint density at radius 1 is 1.07 bits per heavy atom. The lowest BCUT2D eigenvalue weighted by Crippen LogP contribution is -2.29. The van der Waals surface area contributed by atoms with Crippen LogP contribution in [0.5, 0.6) is 5.75 Å². The Balaban J connectivity index is 1.65. The third-order valence-corrected chi connectivity index (χ3v) is 7.92. The second-order valence-electron chi connectivity index (χ2n) is 9.77. The molecule has 0 spiro atoms. The van der Waals surface area contributed by atoms with Gasteiger partial charge in [-0.25, -0.2) is 13.2 Å². The number of benzene rings is 2. The molecule has 41 heavy (non-hydrogen) atoms. The van der Waals surface area contributed by atoms with Crippen molar-refractivity contribution in [2.45, 2.75) is 25.9 Å². The topological polar surface area (TPSA) is 126 Å². The van der Waals surface area contributed by atoms with Crippen molar-refractivity contribution in [3.05, 3.63) is 101 Å². The molecular weight excluding hydrogens is 562 g/mol. The van der Waals surface area contributed by atoms with Crippen molar-refractivity contribution in [1.29, 1.82) is 0 Å². The Morgan fingerprint density at radius 2 is 1.78 bits per heavy atom. The van der Waals surface area contributed by atoms with Gasteiger partial charge in [-0.3, -0.25) is 9.71 Å². The molecular formula is C29H29N5O5S2. The van der Waals surface area contributed by atoms with Crippen LogP contribution in [0.15, 0.2) is 72.9 Å². The number of hydrogen-bond acceptors (Lipinski definition) is 6. The molecule has 3 N–H and O–H groups in total. The number of aryl methyl sites for hydroxylation is 1. The molecule has 0 saturated carbocycles. The van der Waals surface area contributed by atoms with Gasteiger partial charge >= 0.3 is 5.97 Å². The summed E-state index contributed by atoms with van der Waals surface area (Å²) >= 11 is 5.86. The number of carboxylic acid groups (broad SMARTS) is 1. The second-order valence-corrected chi connectivity index (χ2v) is 11.9. The van der Waals surface area contributed by atoms with E-state index in [1.807, 2.05) is 36.9 Å². The summed E-state index contributed by atoms with van der Waals surface area (Å²) in [5.74, 6) is -0.634. The molecule has 1 saturated heterocycles. The van der Waals surface area contributed by atoms with Gasteiger partial charge in [-0.15, -0.1) is 0 Å². The van der Waals surface area contributed by atoms with Crippen LogP contribution in [0.25, 0.3) is 5.69 Å². The van der Waals surface area contributed by atoms with E-state index < -0.39 is 16.0 Å². The van der Waals surface area contributed by atoms with Gasteiger partial charge in [0.15, 0.2) is 5.11 Å².